The molecule has 1 saturated heterocycles. The molecule has 114 valence electrons. The summed E-state index contributed by atoms with van der Waals surface area (Å²) in [5.41, 5.74) is 0. The predicted octanol–water partition coefficient (Wildman–Crippen LogP) is 0.732. The second kappa shape index (κ2) is 8.19. The number of rotatable bonds is 9. The Morgan fingerprint density at radius 2 is 1.79 bits per heavy atom. The first-order chi connectivity index (χ1) is 9.06. The Labute approximate surface area is 118 Å². The minimum absolute atomic E-state index is 0.221. The predicted molar refractivity (Wildman–Crippen MR) is 79.8 cm³/mol. The molecule has 5 nitrogen and oxygen atoms in total. The lowest BCUT2D eigenvalue weighted by molar-refractivity contribution is 0.285. The molecule has 1 heterocycles. The smallest absolute Gasteiger partial charge is 0.218 e. The number of nitrogens with one attached hydrogen (secondary N) is 1. The van der Waals surface area contributed by atoms with E-state index in [-0.39, 0.29) is 5.25 Å². The maximum atomic E-state index is 12.5. The van der Waals surface area contributed by atoms with Crippen LogP contribution in [0, 0.1) is 0 Å². The highest BCUT2D eigenvalue weighted by atomic mass is 32.2. The molecule has 0 bridgehead atoms. The third kappa shape index (κ3) is 4.70. The molecular weight excluding hydrogens is 262 g/mol. The zero-order valence-electron chi connectivity index (χ0n) is 12.6. The zero-order chi connectivity index (χ0) is 14.3. The molecule has 0 saturated carbocycles. The Kier molecular flexibility index (Phi) is 7.28. The number of sulfonamides is 1. The second-order valence-electron chi connectivity index (χ2n) is 5.03. The van der Waals surface area contributed by atoms with Crippen molar-refractivity contribution in [2.45, 2.75) is 38.9 Å². The van der Waals surface area contributed by atoms with E-state index >= 15 is 0 Å². The molecule has 0 radical (unpaired) electrons. The van der Waals surface area contributed by atoms with E-state index in [9.17, 15) is 8.42 Å². The minimum Gasteiger partial charge on any atom is -0.315 e. The highest BCUT2D eigenvalue weighted by Gasteiger charge is 2.32. The minimum atomic E-state index is -3.11. The van der Waals surface area contributed by atoms with Crippen molar-refractivity contribution in [2.24, 2.45) is 0 Å². The van der Waals surface area contributed by atoms with Gasteiger partial charge in [0.1, 0.15) is 0 Å². The first kappa shape index (κ1) is 16.9. The summed E-state index contributed by atoms with van der Waals surface area (Å²) < 4.78 is 26.6. The number of nitrogens with zero attached hydrogens (tertiary/aromatic N) is 2. The monoisotopic (exact) mass is 291 g/mol. The largest absolute Gasteiger partial charge is 0.315 e. The molecule has 0 aromatic rings. The number of hydrogen-bond acceptors (Lipinski definition) is 4. The van der Waals surface area contributed by atoms with Gasteiger partial charge in [0.2, 0.25) is 10.0 Å². The molecule has 1 fully saturated rings. The lowest BCUT2D eigenvalue weighted by Crippen LogP contribution is -2.41. The average Bonchev–Trinajstić information content (AvgIpc) is 2.93. The molecule has 0 aliphatic carbocycles. The van der Waals surface area contributed by atoms with Gasteiger partial charge in [-0.1, -0.05) is 20.8 Å². The molecule has 0 aromatic carbocycles. The van der Waals surface area contributed by atoms with E-state index in [2.05, 4.69) is 24.1 Å². The summed E-state index contributed by atoms with van der Waals surface area (Å²) in [6, 6.07) is 0. The normalized spacial score (nSPS) is 20.6. The van der Waals surface area contributed by atoms with E-state index < -0.39 is 10.0 Å². The van der Waals surface area contributed by atoms with Crippen LogP contribution >= 0.6 is 0 Å². The van der Waals surface area contributed by atoms with Gasteiger partial charge in [0, 0.05) is 19.6 Å². The summed E-state index contributed by atoms with van der Waals surface area (Å²) in [5.74, 6) is 0. The van der Waals surface area contributed by atoms with Gasteiger partial charge in [-0.05, 0) is 39.0 Å². The van der Waals surface area contributed by atoms with Gasteiger partial charge in [-0.2, -0.15) is 0 Å². The summed E-state index contributed by atoms with van der Waals surface area (Å²) in [4.78, 5) is 2.33. The van der Waals surface area contributed by atoms with Crippen LogP contribution in [0.2, 0.25) is 0 Å². The van der Waals surface area contributed by atoms with Crippen LogP contribution in [0.3, 0.4) is 0 Å². The Balaban J connectivity index is 2.48. The van der Waals surface area contributed by atoms with Gasteiger partial charge in [0.25, 0.3) is 0 Å². The van der Waals surface area contributed by atoms with Crippen LogP contribution in [-0.4, -0.2) is 68.7 Å². The van der Waals surface area contributed by atoms with Gasteiger partial charge < -0.3 is 10.2 Å². The highest BCUT2D eigenvalue weighted by Crippen LogP contribution is 2.15. The quantitative estimate of drug-likeness (QED) is 0.680. The van der Waals surface area contributed by atoms with Gasteiger partial charge in [-0.25, -0.2) is 12.7 Å². The number of hydrogen-bond donors (Lipinski definition) is 1. The summed E-state index contributed by atoms with van der Waals surface area (Å²) in [7, 11) is -3.11. The van der Waals surface area contributed by atoms with Crippen LogP contribution < -0.4 is 5.32 Å². The second-order valence-corrected chi connectivity index (χ2v) is 7.24. The van der Waals surface area contributed by atoms with E-state index in [0.717, 1.165) is 39.0 Å². The van der Waals surface area contributed by atoms with E-state index in [4.69, 9.17) is 0 Å². The van der Waals surface area contributed by atoms with Crippen LogP contribution in [0.4, 0.5) is 0 Å². The van der Waals surface area contributed by atoms with Crippen molar-refractivity contribution >= 4 is 10.0 Å². The van der Waals surface area contributed by atoms with Gasteiger partial charge in [0.05, 0.1) is 5.25 Å². The van der Waals surface area contributed by atoms with Crippen molar-refractivity contribution in [3.8, 4) is 0 Å². The molecule has 0 spiro atoms. The van der Waals surface area contributed by atoms with E-state index in [1.165, 1.54) is 0 Å². The van der Waals surface area contributed by atoms with Crippen LogP contribution in [0.25, 0.3) is 0 Å². The Morgan fingerprint density at radius 3 is 2.26 bits per heavy atom. The van der Waals surface area contributed by atoms with Crippen LogP contribution in [0.15, 0.2) is 0 Å². The molecule has 1 unspecified atom stereocenters. The zero-order valence-corrected chi connectivity index (χ0v) is 13.4. The Morgan fingerprint density at radius 1 is 1.11 bits per heavy atom. The SMILES string of the molecule is CCN(CC)CCCN(CC)S(=O)(=O)C1CCNC1. The molecule has 1 aliphatic heterocycles. The summed E-state index contributed by atoms with van der Waals surface area (Å²) in [5, 5.41) is 2.91. The molecule has 1 atom stereocenters. The fourth-order valence-electron chi connectivity index (χ4n) is 2.57. The Bertz CT molecular complexity index is 336. The molecule has 19 heavy (non-hydrogen) atoms. The fourth-order valence-corrected chi connectivity index (χ4v) is 4.48. The van der Waals surface area contributed by atoms with Crippen LogP contribution in [0.5, 0.6) is 0 Å². The third-order valence-electron chi connectivity index (χ3n) is 3.93. The van der Waals surface area contributed by atoms with Gasteiger partial charge in [0.15, 0.2) is 0 Å². The average molecular weight is 291 g/mol. The van der Waals surface area contributed by atoms with Crippen molar-refractivity contribution in [1.29, 1.82) is 0 Å². The molecule has 1 N–H and O–H groups in total. The first-order valence-electron chi connectivity index (χ1n) is 7.48. The molecule has 0 amide bonds. The first-order valence-corrected chi connectivity index (χ1v) is 8.98. The van der Waals surface area contributed by atoms with Gasteiger partial charge in [-0.15, -0.1) is 0 Å². The topological polar surface area (TPSA) is 52.7 Å². The molecule has 1 rings (SSSR count). The van der Waals surface area contributed by atoms with Crippen LogP contribution in [-0.2, 0) is 10.0 Å². The maximum absolute atomic E-state index is 12.5. The van der Waals surface area contributed by atoms with Crippen molar-refractivity contribution in [3.63, 3.8) is 0 Å². The fraction of sp³-hybridized carbons (Fsp3) is 1.00. The van der Waals surface area contributed by atoms with Crippen molar-refractivity contribution < 1.29 is 8.42 Å². The lowest BCUT2D eigenvalue weighted by Gasteiger charge is -2.25. The van der Waals surface area contributed by atoms with Crippen LogP contribution in [0.1, 0.15) is 33.6 Å². The molecular formula is C13H29N3O2S. The highest BCUT2D eigenvalue weighted by molar-refractivity contribution is 7.89. The van der Waals surface area contributed by atoms with E-state index in [0.29, 0.717) is 19.6 Å². The van der Waals surface area contributed by atoms with Crippen molar-refractivity contribution in [1.82, 2.24) is 14.5 Å². The maximum Gasteiger partial charge on any atom is 0.218 e. The van der Waals surface area contributed by atoms with Crippen molar-refractivity contribution in [2.75, 3.05) is 45.8 Å². The summed E-state index contributed by atoms with van der Waals surface area (Å²) in [6.07, 6.45) is 1.66. The summed E-state index contributed by atoms with van der Waals surface area (Å²) in [6.45, 7) is 11.9. The van der Waals surface area contributed by atoms with Crippen molar-refractivity contribution in [3.05, 3.63) is 0 Å². The summed E-state index contributed by atoms with van der Waals surface area (Å²) >= 11 is 0. The van der Waals surface area contributed by atoms with Gasteiger partial charge in [-0.3, -0.25) is 0 Å². The molecule has 1 aliphatic rings. The van der Waals surface area contributed by atoms with E-state index in [1.807, 2.05) is 6.92 Å². The standard InChI is InChI=1S/C13H29N3O2S/c1-4-15(5-2)10-7-11-16(6-3)19(17,18)13-8-9-14-12-13/h13-14H,4-12H2,1-3H3. The van der Waals surface area contributed by atoms with E-state index in [1.54, 1.807) is 4.31 Å². The Hall–Kier alpha value is -0.170. The van der Waals surface area contributed by atoms with Gasteiger partial charge >= 0.3 is 0 Å². The third-order valence-corrected chi connectivity index (χ3v) is 6.33. The molecule has 6 heteroatoms. The lowest BCUT2D eigenvalue weighted by atomic mass is 10.3. The molecule has 0 aromatic heterocycles.